The van der Waals surface area contributed by atoms with Gasteiger partial charge in [0.15, 0.2) is 0 Å². The first-order valence-electron chi connectivity index (χ1n) is 8.58. The Kier molecular flexibility index (Phi) is 5.11. The molecule has 6 nitrogen and oxygen atoms in total. The second kappa shape index (κ2) is 7.17. The maximum atomic E-state index is 13.3. The van der Waals surface area contributed by atoms with Crippen molar-refractivity contribution in [2.45, 2.75) is 36.7 Å². The molecule has 1 heterocycles. The lowest BCUT2D eigenvalue weighted by atomic mass is 10.2. The van der Waals surface area contributed by atoms with Crippen molar-refractivity contribution in [2.24, 2.45) is 0 Å². The van der Waals surface area contributed by atoms with E-state index in [0.29, 0.717) is 11.3 Å². The maximum absolute atomic E-state index is 13.3. The third-order valence-electron chi connectivity index (χ3n) is 4.47. The van der Waals surface area contributed by atoms with Gasteiger partial charge in [-0.3, -0.25) is 9.78 Å². The largest absolute Gasteiger partial charge is 0.345 e. The highest BCUT2D eigenvalue weighted by Crippen LogP contribution is 2.38. The quantitative estimate of drug-likeness (QED) is 0.781. The van der Waals surface area contributed by atoms with Crippen LogP contribution in [0.4, 0.5) is 0 Å². The van der Waals surface area contributed by atoms with E-state index in [4.69, 9.17) is 0 Å². The molecule has 0 N–H and O–H groups in total. The van der Waals surface area contributed by atoms with Crippen molar-refractivity contribution in [1.29, 1.82) is 0 Å². The minimum absolute atomic E-state index is 0.0230. The number of sulfonamides is 1. The van der Waals surface area contributed by atoms with E-state index >= 15 is 0 Å². The van der Waals surface area contributed by atoms with E-state index in [1.54, 1.807) is 38.5 Å². The summed E-state index contributed by atoms with van der Waals surface area (Å²) in [6.45, 7) is 1.85. The Bertz CT molecular complexity index is 893. The van der Waals surface area contributed by atoms with Crippen molar-refractivity contribution in [2.75, 3.05) is 14.1 Å². The Morgan fingerprint density at radius 1 is 1.15 bits per heavy atom. The van der Waals surface area contributed by atoms with E-state index in [1.807, 2.05) is 25.1 Å². The van der Waals surface area contributed by atoms with E-state index in [1.165, 1.54) is 15.3 Å². The van der Waals surface area contributed by atoms with Crippen LogP contribution in [0.3, 0.4) is 0 Å². The van der Waals surface area contributed by atoms with Crippen molar-refractivity contribution in [3.63, 3.8) is 0 Å². The van der Waals surface area contributed by atoms with Crippen molar-refractivity contribution in [3.8, 4) is 0 Å². The number of carbonyl (C=O) groups excluding carboxylic acids is 1. The van der Waals surface area contributed by atoms with Crippen LogP contribution in [0.1, 0.15) is 41.9 Å². The molecule has 1 fully saturated rings. The van der Waals surface area contributed by atoms with Crippen LogP contribution in [0.15, 0.2) is 53.6 Å². The van der Waals surface area contributed by atoms with Gasteiger partial charge >= 0.3 is 0 Å². The first-order valence-corrected chi connectivity index (χ1v) is 10.0. The highest BCUT2D eigenvalue weighted by atomic mass is 32.2. The molecule has 1 aromatic carbocycles. The SMILES string of the molecule is CC(c1ccccn1)N(C1CC1)S(=O)(=O)c1cccc(C(=O)N(C)C)c1. The topological polar surface area (TPSA) is 70.6 Å². The molecule has 1 unspecified atom stereocenters. The molecule has 138 valence electrons. The van der Waals surface area contributed by atoms with Gasteiger partial charge in [0.2, 0.25) is 10.0 Å². The fourth-order valence-electron chi connectivity index (χ4n) is 2.97. The Labute approximate surface area is 154 Å². The zero-order valence-electron chi connectivity index (χ0n) is 15.2. The lowest BCUT2D eigenvalue weighted by Crippen LogP contribution is -2.36. The zero-order chi connectivity index (χ0) is 18.9. The van der Waals surface area contributed by atoms with Gasteiger partial charge in [-0.15, -0.1) is 0 Å². The summed E-state index contributed by atoms with van der Waals surface area (Å²) in [5.74, 6) is -0.224. The number of nitrogens with zero attached hydrogens (tertiary/aromatic N) is 3. The van der Waals surface area contributed by atoms with Crippen LogP contribution >= 0.6 is 0 Å². The van der Waals surface area contributed by atoms with E-state index in [9.17, 15) is 13.2 Å². The average Bonchev–Trinajstić information content (AvgIpc) is 3.46. The molecule has 2 aromatic rings. The van der Waals surface area contributed by atoms with Crippen molar-refractivity contribution >= 4 is 15.9 Å². The number of aromatic nitrogens is 1. The summed E-state index contributed by atoms with van der Waals surface area (Å²) >= 11 is 0. The first kappa shape index (κ1) is 18.5. The molecule has 0 saturated heterocycles. The third-order valence-corrected chi connectivity index (χ3v) is 6.49. The molecule has 1 amide bonds. The van der Waals surface area contributed by atoms with Gasteiger partial charge in [0.05, 0.1) is 16.6 Å². The van der Waals surface area contributed by atoms with Gasteiger partial charge in [0.1, 0.15) is 0 Å². The molecular weight excluding hydrogens is 350 g/mol. The molecule has 0 aliphatic heterocycles. The van der Waals surface area contributed by atoms with Gasteiger partial charge in [-0.1, -0.05) is 12.1 Å². The number of benzene rings is 1. The standard InChI is InChI=1S/C19H23N3O3S/c1-14(18-9-4-5-12-20-18)22(16-10-11-16)26(24,25)17-8-6-7-15(13-17)19(23)21(2)3/h4-9,12-14,16H,10-11H2,1-3H3. The van der Waals surface area contributed by atoms with E-state index in [0.717, 1.165) is 12.8 Å². The smallest absolute Gasteiger partial charge is 0.253 e. The summed E-state index contributed by atoms with van der Waals surface area (Å²) in [5.41, 5.74) is 1.07. The molecule has 1 aliphatic rings. The van der Waals surface area contributed by atoms with Crippen LogP contribution < -0.4 is 0 Å². The lowest BCUT2D eigenvalue weighted by molar-refractivity contribution is 0.0827. The van der Waals surface area contributed by atoms with Gasteiger partial charge < -0.3 is 4.90 Å². The van der Waals surface area contributed by atoms with Crippen molar-refractivity contribution in [1.82, 2.24) is 14.2 Å². The number of hydrogen-bond donors (Lipinski definition) is 0. The summed E-state index contributed by atoms with van der Waals surface area (Å²) in [5, 5.41) is 0. The van der Waals surface area contributed by atoms with Gasteiger partial charge in [-0.2, -0.15) is 4.31 Å². The zero-order valence-corrected chi connectivity index (χ0v) is 16.0. The fraction of sp³-hybridized carbons (Fsp3) is 0.368. The molecule has 0 radical (unpaired) electrons. The predicted molar refractivity (Wildman–Crippen MR) is 99.2 cm³/mol. The van der Waals surface area contributed by atoms with Crippen LogP contribution in [-0.4, -0.2) is 48.7 Å². The average molecular weight is 373 g/mol. The van der Waals surface area contributed by atoms with Crippen LogP contribution in [0.2, 0.25) is 0 Å². The Hall–Kier alpha value is -2.25. The molecule has 1 atom stereocenters. The highest BCUT2D eigenvalue weighted by molar-refractivity contribution is 7.89. The van der Waals surface area contributed by atoms with Crippen molar-refractivity contribution in [3.05, 3.63) is 59.9 Å². The summed E-state index contributed by atoms with van der Waals surface area (Å²) < 4.78 is 28.2. The minimum atomic E-state index is -3.74. The van der Waals surface area contributed by atoms with Gasteiger partial charge in [-0.05, 0) is 50.1 Å². The normalized spacial score (nSPS) is 15.7. The van der Waals surface area contributed by atoms with Gasteiger partial charge in [-0.25, -0.2) is 8.42 Å². The summed E-state index contributed by atoms with van der Waals surface area (Å²) in [7, 11) is -0.460. The molecule has 3 rings (SSSR count). The van der Waals surface area contributed by atoms with Crippen LogP contribution in [0.5, 0.6) is 0 Å². The lowest BCUT2D eigenvalue weighted by Gasteiger charge is -2.28. The molecular formula is C19H23N3O3S. The number of pyridine rings is 1. The second-order valence-corrected chi connectivity index (χ2v) is 8.57. The molecule has 1 aromatic heterocycles. The molecule has 1 aliphatic carbocycles. The number of rotatable bonds is 6. The third kappa shape index (κ3) is 3.64. The predicted octanol–water partition coefficient (Wildman–Crippen LogP) is 2.70. The Morgan fingerprint density at radius 3 is 2.46 bits per heavy atom. The van der Waals surface area contributed by atoms with Crippen molar-refractivity contribution < 1.29 is 13.2 Å². The van der Waals surface area contributed by atoms with Gasteiger partial charge in [0.25, 0.3) is 5.91 Å². The monoisotopic (exact) mass is 373 g/mol. The number of carbonyl (C=O) groups is 1. The van der Waals surface area contributed by atoms with Crippen LogP contribution in [0, 0.1) is 0 Å². The summed E-state index contributed by atoms with van der Waals surface area (Å²) in [6.07, 6.45) is 3.35. The maximum Gasteiger partial charge on any atom is 0.253 e. The molecule has 7 heteroatoms. The summed E-state index contributed by atoms with van der Waals surface area (Å²) in [4.78, 5) is 18.1. The first-order chi connectivity index (χ1) is 12.3. The number of amides is 1. The molecule has 0 spiro atoms. The van der Waals surface area contributed by atoms with Gasteiger partial charge in [0, 0.05) is 31.9 Å². The van der Waals surface area contributed by atoms with E-state index < -0.39 is 10.0 Å². The van der Waals surface area contributed by atoms with Crippen LogP contribution in [0.25, 0.3) is 0 Å². The second-order valence-electron chi connectivity index (χ2n) is 6.72. The minimum Gasteiger partial charge on any atom is -0.345 e. The Balaban J connectivity index is 1.99. The fourth-order valence-corrected chi connectivity index (χ4v) is 4.87. The summed E-state index contributed by atoms with van der Waals surface area (Å²) in [6, 6.07) is 11.3. The van der Waals surface area contributed by atoms with Crippen LogP contribution in [-0.2, 0) is 10.0 Å². The van der Waals surface area contributed by atoms with E-state index in [2.05, 4.69) is 4.98 Å². The number of hydrogen-bond acceptors (Lipinski definition) is 4. The molecule has 26 heavy (non-hydrogen) atoms. The Morgan fingerprint density at radius 2 is 1.88 bits per heavy atom. The molecule has 0 bridgehead atoms. The molecule has 1 saturated carbocycles. The highest BCUT2D eigenvalue weighted by Gasteiger charge is 2.42. The van der Waals surface area contributed by atoms with E-state index in [-0.39, 0.29) is 22.9 Å².